The molecule has 6 nitrogen and oxygen atoms in total. The van der Waals surface area contributed by atoms with Crippen LogP contribution in [0.25, 0.3) is 0 Å². The lowest BCUT2D eigenvalue weighted by Gasteiger charge is -2.31. The molecule has 0 amide bonds. The van der Waals surface area contributed by atoms with Crippen molar-refractivity contribution in [3.8, 4) is 11.5 Å². The topological polar surface area (TPSA) is 57.2 Å². The molecule has 0 aliphatic carbocycles. The molecule has 1 aromatic carbocycles. The summed E-state index contributed by atoms with van der Waals surface area (Å²) in [6.45, 7) is 2.64. The van der Waals surface area contributed by atoms with Gasteiger partial charge in [-0.25, -0.2) is 0 Å². The number of methoxy groups -OCH3 is 2. The fourth-order valence-corrected chi connectivity index (χ4v) is 2.19. The van der Waals surface area contributed by atoms with Gasteiger partial charge in [0, 0.05) is 13.1 Å². The number of hydrogen-bond acceptors (Lipinski definition) is 6. The van der Waals surface area contributed by atoms with Crippen molar-refractivity contribution in [3.05, 3.63) is 24.3 Å². The van der Waals surface area contributed by atoms with E-state index in [0.29, 0.717) is 31.3 Å². The van der Waals surface area contributed by atoms with Crippen molar-refractivity contribution >= 4 is 5.97 Å². The Morgan fingerprint density at radius 2 is 2.10 bits per heavy atom. The molecule has 0 unspecified atom stereocenters. The maximum absolute atomic E-state index is 11.3. The molecule has 1 atom stereocenters. The Bertz CT molecular complexity index is 465. The van der Waals surface area contributed by atoms with Crippen LogP contribution in [0.2, 0.25) is 0 Å². The molecule has 1 saturated heterocycles. The molecule has 0 aromatic heterocycles. The maximum atomic E-state index is 11.3. The quantitative estimate of drug-likeness (QED) is 0.728. The van der Waals surface area contributed by atoms with Crippen LogP contribution in [0.3, 0.4) is 0 Å². The Morgan fingerprint density at radius 1 is 1.33 bits per heavy atom. The molecule has 0 radical (unpaired) electrons. The van der Waals surface area contributed by atoms with Gasteiger partial charge in [-0.15, -0.1) is 0 Å². The highest BCUT2D eigenvalue weighted by molar-refractivity contribution is 5.71. The van der Waals surface area contributed by atoms with Crippen LogP contribution in [-0.4, -0.2) is 64.0 Å². The Kier molecular flexibility index (Phi) is 5.83. The third-order valence-corrected chi connectivity index (χ3v) is 3.30. The van der Waals surface area contributed by atoms with Crippen LogP contribution in [0.1, 0.15) is 0 Å². The Hall–Kier alpha value is -1.79. The zero-order valence-electron chi connectivity index (χ0n) is 12.4. The first-order chi connectivity index (χ1) is 10.2. The van der Waals surface area contributed by atoms with Crippen molar-refractivity contribution in [1.82, 2.24) is 4.90 Å². The van der Waals surface area contributed by atoms with Crippen LogP contribution >= 0.6 is 0 Å². The van der Waals surface area contributed by atoms with E-state index in [0.717, 1.165) is 6.54 Å². The van der Waals surface area contributed by atoms with Crippen molar-refractivity contribution < 1.29 is 23.7 Å². The molecule has 0 N–H and O–H groups in total. The van der Waals surface area contributed by atoms with Crippen molar-refractivity contribution in [2.24, 2.45) is 0 Å². The lowest BCUT2D eigenvalue weighted by Crippen LogP contribution is -2.46. The van der Waals surface area contributed by atoms with Crippen LogP contribution in [0.15, 0.2) is 24.3 Å². The van der Waals surface area contributed by atoms with Gasteiger partial charge in [-0.3, -0.25) is 9.69 Å². The Morgan fingerprint density at radius 3 is 2.81 bits per heavy atom. The van der Waals surface area contributed by atoms with Crippen molar-refractivity contribution in [2.75, 3.05) is 47.1 Å². The molecule has 1 aliphatic rings. The van der Waals surface area contributed by atoms with Crippen LogP contribution in [-0.2, 0) is 14.3 Å². The number of benzene rings is 1. The van der Waals surface area contributed by atoms with E-state index in [1.54, 1.807) is 7.11 Å². The molecule has 116 valence electrons. The summed E-state index contributed by atoms with van der Waals surface area (Å²) in [6.07, 6.45) is -0.0756. The minimum atomic E-state index is -0.235. The average molecular weight is 295 g/mol. The second-order valence-corrected chi connectivity index (χ2v) is 4.77. The van der Waals surface area contributed by atoms with Crippen LogP contribution in [0, 0.1) is 0 Å². The third-order valence-electron chi connectivity index (χ3n) is 3.30. The van der Waals surface area contributed by atoms with Gasteiger partial charge in [-0.05, 0) is 12.1 Å². The first kappa shape index (κ1) is 15.6. The Balaban J connectivity index is 1.84. The van der Waals surface area contributed by atoms with E-state index in [-0.39, 0.29) is 18.6 Å². The first-order valence-corrected chi connectivity index (χ1v) is 6.89. The minimum absolute atomic E-state index is 0.0756. The molecule has 1 aliphatic heterocycles. The standard InChI is InChI=1S/C15H21NO5/c1-18-13-5-3-4-6-14(13)21-11-12-9-16(7-8-20-12)10-15(17)19-2/h3-6,12H,7-11H2,1-2H3/t12-/m1/s1. The molecule has 6 heteroatoms. The van der Waals surface area contributed by atoms with E-state index in [4.69, 9.17) is 14.2 Å². The first-order valence-electron chi connectivity index (χ1n) is 6.89. The van der Waals surface area contributed by atoms with E-state index < -0.39 is 0 Å². The molecule has 2 rings (SSSR count). The molecule has 1 fully saturated rings. The minimum Gasteiger partial charge on any atom is -0.493 e. The largest absolute Gasteiger partial charge is 0.493 e. The second-order valence-electron chi connectivity index (χ2n) is 4.77. The fourth-order valence-electron chi connectivity index (χ4n) is 2.19. The number of carbonyl (C=O) groups is 1. The van der Waals surface area contributed by atoms with Crippen LogP contribution in [0.5, 0.6) is 11.5 Å². The third kappa shape index (κ3) is 4.61. The lowest BCUT2D eigenvalue weighted by molar-refractivity contribution is -0.144. The highest BCUT2D eigenvalue weighted by Crippen LogP contribution is 2.26. The molecule has 0 spiro atoms. The lowest BCUT2D eigenvalue weighted by atomic mass is 10.2. The van der Waals surface area contributed by atoms with E-state index in [1.807, 2.05) is 29.2 Å². The molecular formula is C15H21NO5. The summed E-state index contributed by atoms with van der Waals surface area (Å²) in [7, 11) is 3.00. The van der Waals surface area contributed by atoms with E-state index >= 15 is 0 Å². The zero-order valence-corrected chi connectivity index (χ0v) is 12.4. The second kappa shape index (κ2) is 7.85. The van der Waals surface area contributed by atoms with Gasteiger partial charge in [0.05, 0.1) is 27.4 Å². The van der Waals surface area contributed by atoms with Gasteiger partial charge >= 0.3 is 5.97 Å². The van der Waals surface area contributed by atoms with Gasteiger partial charge in [0.1, 0.15) is 12.7 Å². The fraction of sp³-hybridized carbons (Fsp3) is 0.533. The van der Waals surface area contributed by atoms with Gasteiger partial charge in [0.25, 0.3) is 0 Å². The maximum Gasteiger partial charge on any atom is 0.319 e. The number of esters is 1. The summed E-state index contributed by atoms with van der Waals surface area (Å²) in [5.74, 6) is 1.15. The van der Waals surface area contributed by atoms with Gasteiger partial charge < -0.3 is 18.9 Å². The predicted molar refractivity (Wildman–Crippen MR) is 76.7 cm³/mol. The summed E-state index contributed by atoms with van der Waals surface area (Å²) in [5.41, 5.74) is 0. The SMILES string of the molecule is COC(=O)CN1CCO[C@@H](COc2ccccc2OC)C1. The molecular weight excluding hydrogens is 274 g/mol. The number of carbonyl (C=O) groups excluding carboxylic acids is 1. The number of rotatable bonds is 6. The number of nitrogens with zero attached hydrogens (tertiary/aromatic N) is 1. The van der Waals surface area contributed by atoms with E-state index in [9.17, 15) is 4.79 Å². The summed E-state index contributed by atoms with van der Waals surface area (Å²) < 4.78 is 21.3. The Labute approximate surface area is 124 Å². The van der Waals surface area contributed by atoms with E-state index in [2.05, 4.69) is 4.74 Å². The number of ether oxygens (including phenoxy) is 4. The van der Waals surface area contributed by atoms with Crippen molar-refractivity contribution in [1.29, 1.82) is 0 Å². The average Bonchev–Trinajstić information content (AvgIpc) is 2.53. The molecule has 0 saturated carbocycles. The molecule has 1 aromatic rings. The van der Waals surface area contributed by atoms with Crippen molar-refractivity contribution in [2.45, 2.75) is 6.10 Å². The van der Waals surface area contributed by atoms with Gasteiger partial charge in [-0.1, -0.05) is 12.1 Å². The molecule has 0 bridgehead atoms. The normalized spacial score (nSPS) is 19.0. The smallest absolute Gasteiger partial charge is 0.319 e. The summed E-state index contributed by atoms with van der Waals surface area (Å²) >= 11 is 0. The monoisotopic (exact) mass is 295 g/mol. The summed E-state index contributed by atoms with van der Waals surface area (Å²) in [4.78, 5) is 13.3. The van der Waals surface area contributed by atoms with Gasteiger partial charge in [-0.2, -0.15) is 0 Å². The van der Waals surface area contributed by atoms with Gasteiger partial charge in [0.15, 0.2) is 11.5 Å². The predicted octanol–water partition coefficient (Wildman–Crippen LogP) is 0.948. The number of morpholine rings is 1. The highest BCUT2D eigenvalue weighted by Gasteiger charge is 2.23. The number of hydrogen-bond donors (Lipinski definition) is 0. The molecule has 1 heterocycles. The van der Waals surface area contributed by atoms with E-state index in [1.165, 1.54) is 7.11 Å². The zero-order chi connectivity index (χ0) is 15.1. The molecule has 21 heavy (non-hydrogen) atoms. The summed E-state index contributed by atoms with van der Waals surface area (Å²) in [5, 5.41) is 0. The van der Waals surface area contributed by atoms with Gasteiger partial charge in [0.2, 0.25) is 0 Å². The van der Waals surface area contributed by atoms with Crippen LogP contribution < -0.4 is 9.47 Å². The number of para-hydroxylation sites is 2. The highest BCUT2D eigenvalue weighted by atomic mass is 16.5. The van der Waals surface area contributed by atoms with Crippen molar-refractivity contribution in [3.63, 3.8) is 0 Å². The summed E-state index contributed by atoms with van der Waals surface area (Å²) in [6, 6.07) is 7.48. The van der Waals surface area contributed by atoms with Crippen LogP contribution in [0.4, 0.5) is 0 Å².